The van der Waals surface area contributed by atoms with Gasteiger partial charge in [-0.3, -0.25) is 0 Å². The predicted molar refractivity (Wildman–Crippen MR) is 111 cm³/mol. The first-order valence-corrected chi connectivity index (χ1v) is 10.6. The lowest BCUT2D eigenvalue weighted by molar-refractivity contribution is -0.923. The van der Waals surface area contributed by atoms with Crippen LogP contribution < -0.4 is 9.47 Å². The lowest BCUT2D eigenvalue weighted by atomic mass is 10.3. The Bertz CT molecular complexity index is 418. The van der Waals surface area contributed by atoms with Crippen molar-refractivity contribution in [3.8, 4) is 11.5 Å². The summed E-state index contributed by atoms with van der Waals surface area (Å²) >= 11 is 0. The third-order valence-corrected chi connectivity index (χ3v) is 6.52. The van der Waals surface area contributed by atoms with Crippen LogP contribution >= 0.6 is 0 Å². The molecule has 150 valence electrons. The van der Waals surface area contributed by atoms with Crippen LogP contribution in [0.5, 0.6) is 11.5 Å². The molecule has 0 bridgehead atoms. The molecule has 0 unspecified atom stereocenters. The molecule has 26 heavy (non-hydrogen) atoms. The van der Waals surface area contributed by atoms with Gasteiger partial charge in [-0.05, 0) is 65.8 Å². The highest BCUT2D eigenvalue weighted by molar-refractivity contribution is 5.31. The van der Waals surface area contributed by atoms with E-state index < -0.39 is 0 Å². The molecule has 0 atom stereocenters. The highest BCUT2D eigenvalue weighted by atomic mass is 16.5. The van der Waals surface area contributed by atoms with Gasteiger partial charge in [0, 0.05) is 0 Å². The highest BCUT2D eigenvalue weighted by Gasteiger charge is 2.21. The molecule has 0 heterocycles. The van der Waals surface area contributed by atoms with Crippen LogP contribution in [0.3, 0.4) is 0 Å². The monoisotopic (exact) mass is 366 g/mol. The van der Waals surface area contributed by atoms with E-state index in [9.17, 15) is 0 Å². The van der Waals surface area contributed by atoms with E-state index in [1.165, 1.54) is 0 Å². The third-order valence-electron chi connectivity index (χ3n) is 6.52. The second-order valence-corrected chi connectivity index (χ2v) is 7.20. The first kappa shape index (κ1) is 22.8. The van der Waals surface area contributed by atoms with Crippen molar-refractivity contribution in [3.05, 3.63) is 24.3 Å². The van der Waals surface area contributed by atoms with E-state index in [1.54, 1.807) is 0 Å². The molecule has 4 nitrogen and oxygen atoms in total. The molecule has 0 amide bonds. The SMILES string of the molecule is CC[N+](CC)(CC)CCOc1ccc(OCC[N+](CC)(CC)CC)cc1. The van der Waals surface area contributed by atoms with Gasteiger partial charge in [0.1, 0.15) is 37.8 Å². The highest BCUT2D eigenvalue weighted by Crippen LogP contribution is 2.18. The van der Waals surface area contributed by atoms with Gasteiger partial charge in [-0.2, -0.15) is 0 Å². The molecule has 0 aliphatic heterocycles. The Hall–Kier alpha value is -1.26. The Morgan fingerprint density at radius 2 is 0.808 bits per heavy atom. The lowest BCUT2D eigenvalue weighted by Crippen LogP contribution is -2.49. The fourth-order valence-corrected chi connectivity index (χ4v) is 3.64. The van der Waals surface area contributed by atoms with Crippen LogP contribution in [0.25, 0.3) is 0 Å². The molecule has 0 radical (unpaired) electrons. The topological polar surface area (TPSA) is 18.5 Å². The van der Waals surface area contributed by atoms with Gasteiger partial charge in [0.15, 0.2) is 0 Å². The zero-order valence-corrected chi connectivity index (χ0v) is 18.1. The third kappa shape index (κ3) is 6.48. The number of hydrogen-bond donors (Lipinski definition) is 0. The van der Waals surface area contributed by atoms with Crippen LogP contribution in [-0.2, 0) is 0 Å². The molecule has 1 rings (SSSR count). The molecule has 0 saturated heterocycles. The minimum absolute atomic E-state index is 0.763. The molecule has 0 N–H and O–H groups in total. The summed E-state index contributed by atoms with van der Waals surface area (Å²) in [6.07, 6.45) is 0. The van der Waals surface area contributed by atoms with Crippen molar-refractivity contribution in [1.29, 1.82) is 0 Å². The molecule has 1 aromatic carbocycles. The first-order chi connectivity index (χ1) is 12.5. The van der Waals surface area contributed by atoms with Crippen molar-refractivity contribution in [3.63, 3.8) is 0 Å². The molecule has 0 aliphatic carbocycles. The number of nitrogens with zero attached hydrogens (tertiary/aromatic N) is 2. The Labute approximate surface area is 161 Å². The second kappa shape index (κ2) is 11.5. The molecule has 4 heteroatoms. The zero-order chi connectivity index (χ0) is 19.5. The van der Waals surface area contributed by atoms with Crippen molar-refractivity contribution >= 4 is 0 Å². The largest absolute Gasteiger partial charge is 0.488 e. The van der Waals surface area contributed by atoms with Gasteiger partial charge < -0.3 is 18.4 Å². The lowest BCUT2D eigenvalue weighted by Gasteiger charge is -2.35. The normalized spacial score (nSPS) is 12.2. The molecular weight excluding hydrogens is 324 g/mol. The predicted octanol–water partition coefficient (Wildman–Crippen LogP) is 4.20. The van der Waals surface area contributed by atoms with Gasteiger partial charge in [-0.1, -0.05) is 0 Å². The van der Waals surface area contributed by atoms with Crippen molar-refractivity contribution < 1.29 is 18.4 Å². The fraction of sp³-hybridized carbons (Fsp3) is 0.727. The molecule has 0 spiro atoms. The maximum Gasteiger partial charge on any atom is 0.137 e. The molecule has 0 aromatic heterocycles. The second-order valence-electron chi connectivity index (χ2n) is 7.20. The first-order valence-electron chi connectivity index (χ1n) is 10.6. The quantitative estimate of drug-likeness (QED) is 0.460. The minimum Gasteiger partial charge on any atom is -0.488 e. The smallest absolute Gasteiger partial charge is 0.137 e. The summed E-state index contributed by atoms with van der Waals surface area (Å²) in [6.45, 7) is 24.2. The average molecular weight is 367 g/mol. The Morgan fingerprint density at radius 3 is 1.04 bits per heavy atom. The van der Waals surface area contributed by atoms with E-state index in [4.69, 9.17) is 9.47 Å². The van der Waals surface area contributed by atoms with Crippen molar-refractivity contribution in [2.75, 3.05) is 65.6 Å². The number of ether oxygens (including phenoxy) is 2. The van der Waals surface area contributed by atoms with E-state index in [-0.39, 0.29) is 0 Å². The summed E-state index contributed by atoms with van der Waals surface area (Å²) < 4.78 is 14.2. The van der Waals surface area contributed by atoms with Crippen LogP contribution in [0.15, 0.2) is 24.3 Å². The molecule has 0 aliphatic rings. The summed E-state index contributed by atoms with van der Waals surface area (Å²) in [6, 6.07) is 8.09. The van der Waals surface area contributed by atoms with Gasteiger partial charge in [0.2, 0.25) is 0 Å². The number of likely N-dealkylation sites (N-methyl/N-ethyl adjacent to an activating group) is 2. The Morgan fingerprint density at radius 1 is 0.538 bits per heavy atom. The summed E-state index contributed by atoms with van der Waals surface area (Å²) in [5.41, 5.74) is 0. The number of rotatable bonds is 14. The molecule has 1 aromatic rings. The van der Waals surface area contributed by atoms with Gasteiger partial charge in [-0.25, -0.2) is 0 Å². The van der Waals surface area contributed by atoms with Crippen LogP contribution in [0.1, 0.15) is 41.5 Å². The van der Waals surface area contributed by atoms with Crippen LogP contribution in [-0.4, -0.2) is 74.5 Å². The summed E-state index contributed by atoms with van der Waals surface area (Å²) in [4.78, 5) is 0. The number of hydrogen-bond acceptors (Lipinski definition) is 2. The van der Waals surface area contributed by atoms with E-state index in [0.717, 1.165) is 86.0 Å². The van der Waals surface area contributed by atoms with E-state index in [0.29, 0.717) is 0 Å². The maximum atomic E-state index is 5.96. The van der Waals surface area contributed by atoms with E-state index >= 15 is 0 Å². The van der Waals surface area contributed by atoms with Crippen LogP contribution in [0, 0.1) is 0 Å². The maximum absolute atomic E-state index is 5.96. The fourth-order valence-electron chi connectivity index (χ4n) is 3.64. The van der Waals surface area contributed by atoms with Crippen LogP contribution in [0.4, 0.5) is 0 Å². The molecule has 0 fully saturated rings. The van der Waals surface area contributed by atoms with Crippen molar-refractivity contribution in [2.45, 2.75) is 41.5 Å². The summed E-state index contributed by atoms with van der Waals surface area (Å²) in [5.74, 6) is 1.86. The Balaban J connectivity index is 2.44. The van der Waals surface area contributed by atoms with E-state index in [1.807, 2.05) is 24.3 Å². The zero-order valence-electron chi connectivity index (χ0n) is 18.1. The standard InChI is InChI=1S/C22H42N2O2/c1-7-23(8-2,9-3)17-19-25-21-13-15-22(16-14-21)26-20-18-24(10-4,11-5)12-6/h13-16H,7-12,17-20H2,1-6H3/q+2. The average Bonchev–Trinajstić information content (AvgIpc) is 2.70. The molecule has 0 saturated carbocycles. The number of quaternary nitrogens is 2. The van der Waals surface area contributed by atoms with Gasteiger partial charge >= 0.3 is 0 Å². The number of benzene rings is 1. The summed E-state index contributed by atoms with van der Waals surface area (Å²) in [5, 5.41) is 0. The van der Waals surface area contributed by atoms with Crippen molar-refractivity contribution in [1.82, 2.24) is 0 Å². The van der Waals surface area contributed by atoms with Gasteiger partial charge in [0.25, 0.3) is 0 Å². The van der Waals surface area contributed by atoms with E-state index in [2.05, 4.69) is 41.5 Å². The van der Waals surface area contributed by atoms with Gasteiger partial charge in [-0.15, -0.1) is 0 Å². The van der Waals surface area contributed by atoms with Crippen molar-refractivity contribution in [2.24, 2.45) is 0 Å². The minimum atomic E-state index is 0.763. The van der Waals surface area contributed by atoms with Crippen LogP contribution in [0.2, 0.25) is 0 Å². The van der Waals surface area contributed by atoms with Gasteiger partial charge in [0.05, 0.1) is 39.3 Å². The summed E-state index contributed by atoms with van der Waals surface area (Å²) in [7, 11) is 0. The Kier molecular flexibility index (Phi) is 10.0. The molecular formula is C22H42N2O2+2.